The first-order chi connectivity index (χ1) is 8.99. The monoisotopic (exact) mass is 260 g/mol. The van der Waals surface area contributed by atoms with Crippen molar-refractivity contribution in [3.05, 3.63) is 35.5 Å². The molecule has 1 heterocycles. The first kappa shape index (κ1) is 13.3. The molecule has 0 radical (unpaired) electrons. The molecule has 0 aliphatic heterocycles. The number of carboxylic acid groups (broad SMARTS) is 1. The Bertz CT molecular complexity index is 623. The largest absolute Gasteiger partial charge is 0.478 e. The Morgan fingerprint density at radius 2 is 2.21 bits per heavy atom. The zero-order valence-electron chi connectivity index (χ0n) is 10.8. The number of carboxylic acids is 1. The van der Waals surface area contributed by atoms with Crippen LogP contribution >= 0.6 is 0 Å². The predicted molar refractivity (Wildman–Crippen MR) is 73.6 cm³/mol. The van der Waals surface area contributed by atoms with E-state index in [1.54, 1.807) is 13.0 Å². The molecule has 0 aliphatic rings. The van der Waals surface area contributed by atoms with E-state index in [1.807, 2.05) is 19.1 Å². The molecule has 0 fully saturated rings. The van der Waals surface area contributed by atoms with Crippen molar-refractivity contribution in [3.63, 3.8) is 0 Å². The Kier molecular flexibility index (Phi) is 3.66. The molecular formula is C14H16N2O3. The molecule has 1 aromatic heterocycles. The summed E-state index contributed by atoms with van der Waals surface area (Å²) in [6.45, 7) is 3.90. The van der Waals surface area contributed by atoms with Crippen molar-refractivity contribution in [1.82, 2.24) is 4.98 Å². The number of hydrogen-bond donors (Lipinski definition) is 3. The number of nitrogens with zero attached hydrogens (tertiary/aromatic N) is 1. The number of para-hydroxylation sites is 1. The molecule has 1 atom stereocenters. The standard InChI is InChI=1S/C14H16N2O3/c1-8-6-12(15-7-9(2)17)10-4-3-5-11(14(18)19)13(10)16-8/h3-6,9,17H,7H2,1-2H3,(H,15,16)(H,18,19)/t9-/m0/s1. The van der Waals surface area contributed by atoms with E-state index in [1.165, 1.54) is 6.07 Å². The van der Waals surface area contributed by atoms with Gasteiger partial charge in [0, 0.05) is 23.3 Å². The van der Waals surface area contributed by atoms with Crippen LogP contribution in [0.3, 0.4) is 0 Å². The van der Waals surface area contributed by atoms with Crippen molar-refractivity contribution in [2.45, 2.75) is 20.0 Å². The number of aliphatic hydroxyl groups excluding tert-OH is 1. The van der Waals surface area contributed by atoms with Crippen LogP contribution in [0.15, 0.2) is 24.3 Å². The fourth-order valence-corrected chi connectivity index (χ4v) is 1.95. The van der Waals surface area contributed by atoms with Gasteiger partial charge in [-0.25, -0.2) is 4.79 Å². The number of pyridine rings is 1. The predicted octanol–water partition coefficient (Wildman–Crippen LogP) is 2.03. The van der Waals surface area contributed by atoms with E-state index >= 15 is 0 Å². The van der Waals surface area contributed by atoms with Crippen LogP contribution < -0.4 is 5.32 Å². The lowest BCUT2D eigenvalue weighted by atomic mass is 10.1. The van der Waals surface area contributed by atoms with Gasteiger partial charge in [-0.3, -0.25) is 4.98 Å². The van der Waals surface area contributed by atoms with Crippen molar-refractivity contribution in [1.29, 1.82) is 0 Å². The lowest BCUT2D eigenvalue weighted by Crippen LogP contribution is -2.15. The van der Waals surface area contributed by atoms with Crippen molar-refractivity contribution < 1.29 is 15.0 Å². The highest BCUT2D eigenvalue weighted by atomic mass is 16.4. The first-order valence-corrected chi connectivity index (χ1v) is 6.04. The van der Waals surface area contributed by atoms with Gasteiger partial charge in [0.05, 0.1) is 17.2 Å². The van der Waals surface area contributed by atoms with Crippen LogP contribution in [0.1, 0.15) is 23.0 Å². The summed E-state index contributed by atoms with van der Waals surface area (Å²) in [7, 11) is 0. The van der Waals surface area contributed by atoms with Gasteiger partial charge in [0.1, 0.15) is 0 Å². The fourth-order valence-electron chi connectivity index (χ4n) is 1.95. The fraction of sp³-hybridized carbons (Fsp3) is 0.286. The summed E-state index contributed by atoms with van der Waals surface area (Å²) in [5.41, 5.74) is 2.16. The van der Waals surface area contributed by atoms with Gasteiger partial charge in [-0.15, -0.1) is 0 Å². The van der Waals surface area contributed by atoms with Crippen LogP contribution in [-0.2, 0) is 0 Å². The first-order valence-electron chi connectivity index (χ1n) is 6.04. The molecule has 0 aliphatic carbocycles. The Balaban J connectivity index is 2.58. The number of aromatic nitrogens is 1. The number of anilines is 1. The Labute approximate surface area is 110 Å². The lowest BCUT2D eigenvalue weighted by molar-refractivity contribution is 0.0699. The smallest absolute Gasteiger partial charge is 0.337 e. The van der Waals surface area contributed by atoms with Gasteiger partial charge < -0.3 is 15.5 Å². The second-order valence-corrected chi connectivity index (χ2v) is 4.55. The molecule has 0 saturated carbocycles. The molecule has 2 rings (SSSR count). The molecule has 0 unspecified atom stereocenters. The van der Waals surface area contributed by atoms with Gasteiger partial charge in [-0.05, 0) is 26.0 Å². The third-order valence-corrected chi connectivity index (χ3v) is 2.79. The quantitative estimate of drug-likeness (QED) is 0.783. The van der Waals surface area contributed by atoms with Gasteiger partial charge >= 0.3 is 5.97 Å². The second kappa shape index (κ2) is 5.24. The molecule has 100 valence electrons. The Morgan fingerprint density at radius 3 is 2.84 bits per heavy atom. The van der Waals surface area contributed by atoms with Gasteiger partial charge in [-0.2, -0.15) is 0 Å². The molecule has 19 heavy (non-hydrogen) atoms. The van der Waals surface area contributed by atoms with Gasteiger partial charge in [-0.1, -0.05) is 12.1 Å². The minimum absolute atomic E-state index is 0.182. The molecule has 1 aromatic carbocycles. The van der Waals surface area contributed by atoms with Gasteiger partial charge in [0.25, 0.3) is 0 Å². The minimum atomic E-state index is -0.995. The van der Waals surface area contributed by atoms with E-state index in [4.69, 9.17) is 0 Å². The number of aromatic carboxylic acids is 1. The molecule has 3 N–H and O–H groups in total. The van der Waals surface area contributed by atoms with Crippen molar-refractivity contribution >= 4 is 22.6 Å². The number of aryl methyl sites for hydroxylation is 1. The lowest BCUT2D eigenvalue weighted by Gasteiger charge is -2.13. The summed E-state index contributed by atoms with van der Waals surface area (Å²) < 4.78 is 0. The molecule has 0 saturated heterocycles. The van der Waals surface area contributed by atoms with E-state index < -0.39 is 12.1 Å². The number of hydrogen-bond acceptors (Lipinski definition) is 4. The summed E-state index contributed by atoms with van der Waals surface area (Å²) in [5.74, 6) is -0.995. The molecule has 5 nitrogen and oxygen atoms in total. The van der Waals surface area contributed by atoms with E-state index in [2.05, 4.69) is 10.3 Å². The number of fused-ring (bicyclic) bond motifs is 1. The third-order valence-electron chi connectivity index (χ3n) is 2.79. The summed E-state index contributed by atoms with van der Waals surface area (Å²) in [6.07, 6.45) is -0.480. The van der Waals surface area contributed by atoms with Crippen LogP contribution in [0.4, 0.5) is 5.69 Å². The summed E-state index contributed by atoms with van der Waals surface area (Å²) in [4.78, 5) is 15.5. The van der Waals surface area contributed by atoms with E-state index in [9.17, 15) is 15.0 Å². The summed E-state index contributed by atoms with van der Waals surface area (Å²) in [6, 6.07) is 6.89. The highest BCUT2D eigenvalue weighted by Gasteiger charge is 2.12. The second-order valence-electron chi connectivity index (χ2n) is 4.55. The maximum Gasteiger partial charge on any atom is 0.337 e. The number of carbonyl (C=O) groups is 1. The molecule has 0 amide bonds. The number of nitrogens with one attached hydrogen (secondary N) is 1. The highest BCUT2D eigenvalue weighted by molar-refractivity contribution is 6.05. The van der Waals surface area contributed by atoms with E-state index in [0.29, 0.717) is 12.1 Å². The topological polar surface area (TPSA) is 82.5 Å². The van der Waals surface area contributed by atoms with Crippen LogP contribution in [0.2, 0.25) is 0 Å². The van der Waals surface area contributed by atoms with E-state index in [0.717, 1.165) is 16.8 Å². The van der Waals surface area contributed by atoms with Crippen molar-refractivity contribution in [2.24, 2.45) is 0 Å². The van der Waals surface area contributed by atoms with Crippen molar-refractivity contribution in [3.8, 4) is 0 Å². The zero-order valence-corrected chi connectivity index (χ0v) is 10.8. The Hall–Kier alpha value is -2.14. The van der Waals surface area contributed by atoms with Crippen LogP contribution in [0.25, 0.3) is 10.9 Å². The van der Waals surface area contributed by atoms with Crippen LogP contribution in [0, 0.1) is 6.92 Å². The highest BCUT2D eigenvalue weighted by Crippen LogP contribution is 2.25. The van der Waals surface area contributed by atoms with Crippen molar-refractivity contribution in [2.75, 3.05) is 11.9 Å². The normalized spacial score (nSPS) is 12.4. The molecular weight excluding hydrogens is 244 g/mol. The number of benzene rings is 1. The maximum absolute atomic E-state index is 11.2. The molecule has 0 bridgehead atoms. The summed E-state index contributed by atoms with van der Waals surface area (Å²) in [5, 5.41) is 22.4. The average Bonchev–Trinajstić information content (AvgIpc) is 2.34. The summed E-state index contributed by atoms with van der Waals surface area (Å²) >= 11 is 0. The third kappa shape index (κ3) is 2.82. The maximum atomic E-state index is 11.2. The number of rotatable bonds is 4. The Morgan fingerprint density at radius 1 is 1.47 bits per heavy atom. The van der Waals surface area contributed by atoms with Crippen LogP contribution in [0.5, 0.6) is 0 Å². The van der Waals surface area contributed by atoms with E-state index in [-0.39, 0.29) is 5.56 Å². The SMILES string of the molecule is Cc1cc(NC[C@H](C)O)c2cccc(C(=O)O)c2n1. The zero-order chi connectivity index (χ0) is 14.0. The average molecular weight is 260 g/mol. The molecule has 0 spiro atoms. The van der Waals surface area contributed by atoms with Gasteiger partial charge in [0.2, 0.25) is 0 Å². The molecule has 2 aromatic rings. The molecule has 5 heteroatoms. The minimum Gasteiger partial charge on any atom is -0.478 e. The van der Waals surface area contributed by atoms with Crippen LogP contribution in [-0.4, -0.2) is 33.8 Å². The number of aliphatic hydroxyl groups is 1. The van der Waals surface area contributed by atoms with Gasteiger partial charge in [0.15, 0.2) is 0 Å².